The van der Waals surface area contributed by atoms with Crippen LogP contribution < -0.4 is 0 Å². The van der Waals surface area contributed by atoms with E-state index in [0.717, 1.165) is 0 Å². The molecule has 0 saturated heterocycles. The molecule has 0 aliphatic carbocycles. The van der Waals surface area contributed by atoms with E-state index in [0.29, 0.717) is 0 Å². The first-order chi connectivity index (χ1) is 4.26. The molecule has 0 heterocycles. The SMILES string of the molecule is C=CC(O)C(C=C)C=C. The summed E-state index contributed by atoms with van der Waals surface area (Å²) < 4.78 is 0. The van der Waals surface area contributed by atoms with Gasteiger partial charge in [0.05, 0.1) is 6.10 Å². The van der Waals surface area contributed by atoms with Gasteiger partial charge in [-0.1, -0.05) is 18.2 Å². The first-order valence-electron chi connectivity index (χ1n) is 2.82. The van der Waals surface area contributed by atoms with Gasteiger partial charge in [0.2, 0.25) is 0 Å². The van der Waals surface area contributed by atoms with Crippen LogP contribution in [0.15, 0.2) is 38.0 Å². The van der Waals surface area contributed by atoms with Crippen LogP contribution in [-0.2, 0) is 0 Å². The van der Waals surface area contributed by atoms with Gasteiger partial charge in [-0.15, -0.1) is 19.7 Å². The zero-order valence-electron chi connectivity index (χ0n) is 5.46. The minimum atomic E-state index is -0.542. The Balaban J connectivity index is 3.92. The Kier molecular flexibility index (Phi) is 3.72. The molecule has 0 rings (SSSR count). The van der Waals surface area contributed by atoms with Crippen molar-refractivity contribution in [3.8, 4) is 0 Å². The van der Waals surface area contributed by atoms with Gasteiger partial charge in [-0.05, 0) is 0 Å². The largest absolute Gasteiger partial charge is 0.388 e. The van der Waals surface area contributed by atoms with Gasteiger partial charge in [0, 0.05) is 5.92 Å². The predicted octanol–water partition coefficient (Wildman–Crippen LogP) is 1.52. The average molecular weight is 124 g/mol. The first kappa shape index (κ1) is 8.18. The molecule has 9 heavy (non-hydrogen) atoms. The molecule has 0 saturated carbocycles. The van der Waals surface area contributed by atoms with Crippen LogP contribution in [0.25, 0.3) is 0 Å². The number of aliphatic hydroxyl groups excluding tert-OH is 1. The lowest BCUT2D eigenvalue weighted by molar-refractivity contribution is 0.198. The first-order valence-corrected chi connectivity index (χ1v) is 2.82. The van der Waals surface area contributed by atoms with Gasteiger partial charge in [0.25, 0.3) is 0 Å². The Morgan fingerprint density at radius 3 is 1.56 bits per heavy atom. The van der Waals surface area contributed by atoms with Crippen molar-refractivity contribution in [3.05, 3.63) is 38.0 Å². The maximum absolute atomic E-state index is 9.06. The summed E-state index contributed by atoms with van der Waals surface area (Å²) in [6, 6.07) is 0. The fourth-order valence-electron chi connectivity index (χ4n) is 0.532. The van der Waals surface area contributed by atoms with E-state index in [1.54, 1.807) is 12.2 Å². The Hall–Kier alpha value is -0.820. The van der Waals surface area contributed by atoms with E-state index in [9.17, 15) is 0 Å². The zero-order chi connectivity index (χ0) is 7.28. The van der Waals surface area contributed by atoms with E-state index in [-0.39, 0.29) is 5.92 Å². The third-order valence-corrected chi connectivity index (χ3v) is 1.18. The lowest BCUT2D eigenvalue weighted by Gasteiger charge is -2.09. The number of aliphatic hydroxyl groups is 1. The van der Waals surface area contributed by atoms with Gasteiger partial charge in [-0.25, -0.2) is 0 Å². The van der Waals surface area contributed by atoms with Gasteiger partial charge >= 0.3 is 0 Å². The molecule has 0 amide bonds. The van der Waals surface area contributed by atoms with Gasteiger partial charge < -0.3 is 5.11 Å². The summed E-state index contributed by atoms with van der Waals surface area (Å²) in [4.78, 5) is 0. The topological polar surface area (TPSA) is 20.2 Å². The highest BCUT2D eigenvalue weighted by molar-refractivity contribution is 5.01. The molecule has 0 spiro atoms. The Labute approximate surface area is 56.0 Å². The molecule has 0 aliphatic heterocycles. The van der Waals surface area contributed by atoms with Crippen LogP contribution in [0.3, 0.4) is 0 Å². The molecule has 0 aromatic carbocycles. The lowest BCUT2D eigenvalue weighted by Crippen LogP contribution is -2.12. The Morgan fingerprint density at radius 1 is 1.00 bits per heavy atom. The second kappa shape index (κ2) is 4.10. The van der Waals surface area contributed by atoms with Crippen molar-refractivity contribution >= 4 is 0 Å². The molecule has 1 atom stereocenters. The van der Waals surface area contributed by atoms with E-state index >= 15 is 0 Å². The predicted molar refractivity (Wildman–Crippen MR) is 40.1 cm³/mol. The highest BCUT2D eigenvalue weighted by Gasteiger charge is 2.05. The summed E-state index contributed by atoms with van der Waals surface area (Å²) in [5.74, 6) is -0.0671. The summed E-state index contributed by atoms with van der Waals surface area (Å²) in [7, 11) is 0. The molecule has 1 N–H and O–H groups in total. The molecule has 50 valence electrons. The van der Waals surface area contributed by atoms with Crippen molar-refractivity contribution < 1.29 is 5.11 Å². The zero-order valence-corrected chi connectivity index (χ0v) is 5.46. The van der Waals surface area contributed by atoms with Crippen LogP contribution in [0, 0.1) is 5.92 Å². The van der Waals surface area contributed by atoms with Crippen LogP contribution in [0.4, 0.5) is 0 Å². The lowest BCUT2D eigenvalue weighted by atomic mass is 10.0. The number of hydrogen-bond donors (Lipinski definition) is 1. The van der Waals surface area contributed by atoms with Gasteiger partial charge in [0.15, 0.2) is 0 Å². The molecule has 1 unspecified atom stereocenters. The molecule has 0 aliphatic rings. The standard InChI is InChI=1S/C8H12O/c1-4-7(5-2)8(9)6-3/h4-9H,1-3H2. The second-order valence-corrected chi connectivity index (χ2v) is 1.78. The van der Waals surface area contributed by atoms with Gasteiger partial charge in [-0.2, -0.15) is 0 Å². The van der Waals surface area contributed by atoms with E-state index in [2.05, 4.69) is 19.7 Å². The van der Waals surface area contributed by atoms with Crippen LogP contribution in [-0.4, -0.2) is 11.2 Å². The van der Waals surface area contributed by atoms with E-state index in [1.807, 2.05) is 0 Å². The van der Waals surface area contributed by atoms with Crippen molar-refractivity contribution in [2.75, 3.05) is 0 Å². The number of hydrogen-bond acceptors (Lipinski definition) is 1. The Morgan fingerprint density at radius 2 is 1.44 bits per heavy atom. The minimum Gasteiger partial charge on any atom is -0.388 e. The summed E-state index contributed by atoms with van der Waals surface area (Å²) >= 11 is 0. The van der Waals surface area contributed by atoms with Crippen molar-refractivity contribution in [2.45, 2.75) is 6.10 Å². The summed E-state index contributed by atoms with van der Waals surface area (Å²) in [5.41, 5.74) is 0. The quantitative estimate of drug-likeness (QED) is 0.563. The highest BCUT2D eigenvalue weighted by atomic mass is 16.3. The van der Waals surface area contributed by atoms with Gasteiger partial charge in [-0.3, -0.25) is 0 Å². The summed E-state index contributed by atoms with van der Waals surface area (Å²) in [6.07, 6.45) is 4.20. The van der Waals surface area contributed by atoms with Crippen molar-refractivity contribution in [2.24, 2.45) is 5.92 Å². The maximum Gasteiger partial charge on any atom is 0.0815 e. The molecular formula is C8H12O. The highest BCUT2D eigenvalue weighted by Crippen LogP contribution is 2.05. The van der Waals surface area contributed by atoms with Crippen LogP contribution in [0.2, 0.25) is 0 Å². The molecule has 0 aromatic heterocycles. The van der Waals surface area contributed by atoms with Crippen LogP contribution >= 0.6 is 0 Å². The second-order valence-electron chi connectivity index (χ2n) is 1.78. The van der Waals surface area contributed by atoms with Crippen LogP contribution in [0.5, 0.6) is 0 Å². The summed E-state index contributed by atoms with van der Waals surface area (Å²) in [5, 5.41) is 9.06. The molecule has 1 nitrogen and oxygen atoms in total. The third-order valence-electron chi connectivity index (χ3n) is 1.18. The summed E-state index contributed by atoms with van der Waals surface area (Å²) in [6.45, 7) is 10.5. The minimum absolute atomic E-state index is 0.0671. The molecule has 0 fully saturated rings. The smallest absolute Gasteiger partial charge is 0.0815 e. The molecule has 0 aromatic rings. The molecule has 0 bridgehead atoms. The Bertz CT molecular complexity index is 108. The molecule has 0 radical (unpaired) electrons. The van der Waals surface area contributed by atoms with Crippen LogP contribution in [0.1, 0.15) is 0 Å². The van der Waals surface area contributed by atoms with Crippen molar-refractivity contribution in [1.29, 1.82) is 0 Å². The molecule has 1 heteroatoms. The van der Waals surface area contributed by atoms with Crippen molar-refractivity contribution in [3.63, 3.8) is 0 Å². The fourth-order valence-corrected chi connectivity index (χ4v) is 0.532. The van der Waals surface area contributed by atoms with Crippen molar-refractivity contribution in [1.82, 2.24) is 0 Å². The molecular weight excluding hydrogens is 112 g/mol. The third kappa shape index (κ3) is 2.29. The van der Waals surface area contributed by atoms with E-state index in [4.69, 9.17) is 5.11 Å². The van der Waals surface area contributed by atoms with Gasteiger partial charge in [0.1, 0.15) is 0 Å². The fraction of sp³-hybridized carbons (Fsp3) is 0.250. The maximum atomic E-state index is 9.06. The number of rotatable bonds is 4. The monoisotopic (exact) mass is 124 g/mol. The van der Waals surface area contributed by atoms with E-state index in [1.165, 1.54) is 6.08 Å². The van der Waals surface area contributed by atoms with E-state index < -0.39 is 6.10 Å². The average Bonchev–Trinajstić information content (AvgIpc) is 1.90. The normalized spacial score (nSPS) is 12.7.